The van der Waals surface area contributed by atoms with Crippen LogP contribution in [0.25, 0.3) is 0 Å². The third-order valence-electron chi connectivity index (χ3n) is 6.46. The molecule has 0 aliphatic carbocycles. The molecule has 1 amide bonds. The first kappa shape index (κ1) is 21.9. The first-order valence-electron chi connectivity index (χ1n) is 10.6. The van der Waals surface area contributed by atoms with Gasteiger partial charge in [0, 0.05) is 44.1 Å². The summed E-state index contributed by atoms with van der Waals surface area (Å²) in [6.07, 6.45) is 2.75. The van der Waals surface area contributed by atoms with Gasteiger partial charge < -0.3 is 11.1 Å². The number of hydrogen-bond donors (Lipinski definition) is 2. The normalized spacial score (nSPS) is 22.2. The average molecular weight is 405 g/mol. The number of likely N-dealkylation sites (tertiary alicyclic amines) is 2. The number of piperidine rings is 1. The highest BCUT2D eigenvalue weighted by atomic mass is 19.1. The second-order valence-electron chi connectivity index (χ2n) is 8.31. The maximum absolute atomic E-state index is 15.2. The van der Waals surface area contributed by atoms with E-state index >= 15 is 4.39 Å². The average Bonchev–Trinajstić information content (AvgIpc) is 3.28. The van der Waals surface area contributed by atoms with Gasteiger partial charge in [0.25, 0.3) is 0 Å². The summed E-state index contributed by atoms with van der Waals surface area (Å²) >= 11 is 0. The van der Waals surface area contributed by atoms with Gasteiger partial charge in [-0.2, -0.15) is 0 Å². The number of halogens is 1. The van der Waals surface area contributed by atoms with Crippen molar-refractivity contribution in [3.63, 3.8) is 0 Å². The molecule has 2 heterocycles. The van der Waals surface area contributed by atoms with Crippen LogP contribution in [0.2, 0.25) is 0 Å². The summed E-state index contributed by atoms with van der Waals surface area (Å²) in [6, 6.07) is 7.86. The number of rotatable bonds is 8. The second-order valence-corrected chi connectivity index (χ2v) is 8.31. The molecule has 1 aromatic rings. The molecule has 0 bridgehead atoms. The van der Waals surface area contributed by atoms with Crippen molar-refractivity contribution in [3.8, 4) is 0 Å². The number of nitrogens with zero attached hydrogens (tertiary/aromatic N) is 2. The highest BCUT2D eigenvalue weighted by molar-refractivity contribution is 6.01. The summed E-state index contributed by atoms with van der Waals surface area (Å²) in [5, 5.41) is 2.64. The third kappa shape index (κ3) is 5.21. The zero-order valence-electron chi connectivity index (χ0n) is 17.3. The van der Waals surface area contributed by atoms with Crippen LogP contribution in [0.4, 0.5) is 4.39 Å². The highest BCUT2D eigenvalue weighted by Gasteiger charge is 2.41. The molecule has 29 heavy (non-hydrogen) atoms. The van der Waals surface area contributed by atoms with Gasteiger partial charge in [-0.1, -0.05) is 30.3 Å². The summed E-state index contributed by atoms with van der Waals surface area (Å²) in [7, 11) is 0. The van der Waals surface area contributed by atoms with Gasteiger partial charge >= 0.3 is 0 Å². The molecule has 2 unspecified atom stereocenters. The number of ketones is 1. The van der Waals surface area contributed by atoms with Gasteiger partial charge in [0.1, 0.15) is 0 Å². The standard InChI is InChI=1S/C22H33FN4O2/c1-17(28)25-19(21(29)18-7-3-2-4-8-18)15-20(23)26-13-9-22(16-24,10-14-26)27-11-5-6-12-27/h2-4,7-8,19-20H,5-6,9-16,24H2,1H3,(H,25,28). The molecule has 0 saturated carbocycles. The molecule has 0 spiro atoms. The molecule has 3 N–H and O–H groups in total. The summed E-state index contributed by atoms with van der Waals surface area (Å²) in [6.45, 7) is 5.32. The van der Waals surface area contributed by atoms with E-state index in [2.05, 4.69) is 10.2 Å². The molecule has 0 aromatic heterocycles. The molecular formula is C22H33FN4O2. The summed E-state index contributed by atoms with van der Waals surface area (Å²) in [5.74, 6) is -0.588. The minimum Gasteiger partial charge on any atom is -0.346 e. The molecule has 2 fully saturated rings. The van der Waals surface area contributed by atoms with E-state index in [0.29, 0.717) is 25.2 Å². The predicted octanol–water partition coefficient (Wildman–Crippen LogP) is 1.95. The quantitative estimate of drug-likeness (QED) is 0.511. The number of nitrogens with one attached hydrogen (secondary N) is 1. The Morgan fingerprint density at radius 1 is 1.14 bits per heavy atom. The number of Topliss-reactive ketones (excluding diaryl/α,β-unsaturated/α-hetero) is 1. The first-order chi connectivity index (χ1) is 13.9. The SMILES string of the molecule is CC(=O)NC(CC(F)N1CCC(CN)(N2CCCC2)CC1)C(=O)c1ccccc1. The Bertz CT molecular complexity index is 685. The molecule has 3 rings (SSSR count). The van der Waals surface area contributed by atoms with Crippen LogP contribution in [-0.4, -0.2) is 72.1 Å². The minimum atomic E-state index is -1.28. The molecule has 6 nitrogen and oxygen atoms in total. The van der Waals surface area contributed by atoms with E-state index in [4.69, 9.17) is 5.73 Å². The van der Waals surface area contributed by atoms with E-state index in [9.17, 15) is 9.59 Å². The monoisotopic (exact) mass is 404 g/mol. The molecule has 160 valence electrons. The molecule has 2 atom stereocenters. The zero-order valence-corrected chi connectivity index (χ0v) is 17.3. The van der Waals surface area contributed by atoms with E-state index in [1.165, 1.54) is 19.8 Å². The second kappa shape index (κ2) is 9.78. The van der Waals surface area contributed by atoms with Crippen LogP contribution in [0.15, 0.2) is 30.3 Å². The van der Waals surface area contributed by atoms with Crippen LogP contribution in [-0.2, 0) is 4.79 Å². The number of carbonyl (C=O) groups excluding carboxylic acids is 2. The summed E-state index contributed by atoms with van der Waals surface area (Å²) < 4.78 is 15.2. The largest absolute Gasteiger partial charge is 0.346 e. The zero-order chi connectivity index (χ0) is 20.9. The fourth-order valence-corrected chi connectivity index (χ4v) is 4.69. The number of nitrogens with two attached hydrogens (primary N) is 1. The van der Waals surface area contributed by atoms with Crippen molar-refractivity contribution >= 4 is 11.7 Å². The van der Waals surface area contributed by atoms with Crippen molar-refractivity contribution < 1.29 is 14.0 Å². The van der Waals surface area contributed by atoms with Crippen molar-refractivity contribution in [1.29, 1.82) is 0 Å². The van der Waals surface area contributed by atoms with Crippen molar-refractivity contribution in [3.05, 3.63) is 35.9 Å². The molecule has 0 radical (unpaired) electrons. The summed E-state index contributed by atoms with van der Waals surface area (Å²) in [4.78, 5) is 28.7. The predicted molar refractivity (Wildman–Crippen MR) is 111 cm³/mol. The number of carbonyl (C=O) groups is 2. The molecular weight excluding hydrogens is 371 g/mol. The lowest BCUT2D eigenvalue weighted by atomic mass is 9.85. The molecule has 2 aliphatic heterocycles. The third-order valence-corrected chi connectivity index (χ3v) is 6.46. The van der Waals surface area contributed by atoms with Crippen molar-refractivity contribution in [1.82, 2.24) is 15.1 Å². The van der Waals surface area contributed by atoms with Crippen LogP contribution in [0, 0.1) is 0 Å². The van der Waals surface area contributed by atoms with Gasteiger partial charge in [0.15, 0.2) is 12.1 Å². The first-order valence-corrected chi connectivity index (χ1v) is 10.6. The maximum atomic E-state index is 15.2. The van der Waals surface area contributed by atoms with Gasteiger partial charge in [0.2, 0.25) is 5.91 Å². The Labute approximate surface area is 172 Å². The van der Waals surface area contributed by atoms with Crippen LogP contribution in [0.5, 0.6) is 0 Å². The molecule has 1 aromatic carbocycles. The highest BCUT2D eigenvalue weighted by Crippen LogP contribution is 2.32. The van der Waals surface area contributed by atoms with E-state index in [1.807, 2.05) is 6.07 Å². The van der Waals surface area contributed by atoms with E-state index in [-0.39, 0.29) is 23.7 Å². The molecule has 2 aliphatic rings. The van der Waals surface area contributed by atoms with Crippen LogP contribution >= 0.6 is 0 Å². The smallest absolute Gasteiger partial charge is 0.217 e. The molecule has 7 heteroatoms. The van der Waals surface area contributed by atoms with Gasteiger partial charge in [-0.25, -0.2) is 4.39 Å². The van der Waals surface area contributed by atoms with Crippen molar-refractivity contribution in [2.24, 2.45) is 5.73 Å². The van der Waals surface area contributed by atoms with Crippen LogP contribution in [0.3, 0.4) is 0 Å². The van der Waals surface area contributed by atoms with Crippen molar-refractivity contribution in [2.45, 2.75) is 56.9 Å². The maximum Gasteiger partial charge on any atom is 0.217 e. The molecule has 2 saturated heterocycles. The Balaban J connectivity index is 1.62. The van der Waals surface area contributed by atoms with Gasteiger partial charge in [0.05, 0.1) is 6.04 Å². The number of hydrogen-bond acceptors (Lipinski definition) is 5. The van der Waals surface area contributed by atoms with E-state index in [0.717, 1.165) is 25.9 Å². The van der Waals surface area contributed by atoms with E-state index < -0.39 is 12.3 Å². The Morgan fingerprint density at radius 3 is 2.31 bits per heavy atom. The Hall–Kier alpha value is -1.83. The number of alkyl halides is 1. The van der Waals surface area contributed by atoms with Gasteiger partial charge in [-0.3, -0.25) is 19.4 Å². The lowest BCUT2D eigenvalue weighted by molar-refractivity contribution is -0.119. The fraction of sp³-hybridized carbons (Fsp3) is 0.636. The van der Waals surface area contributed by atoms with Crippen molar-refractivity contribution in [2.75, 3.05) is 32.7 Å². The van der Waals surface area contributed by atoms with Gasteiger partial charge in [-0.15, -0.1) is 0 Å². The Morgan fingerprint density at radius 2 is 1.76 bits per heavy atom. The minimum absolute atomic E-state index is 0.0242. The lowest BCUT2D eigenvalue weighted by Crippen LogP contribution is -2.59. The fourth-order valence-electron chi connectivity index (χ4n) is 4.69. The van der Waals surface area contributed by atoms with Crippen LogP contribution in [0.1, 0.15) is 49.4 Å². The van der Waals surface area contributed by atoms with Crippen LogP contribution < -0.4 is 11.1 Å². The van der Waals surface area contributed by atoms with E-state index in [1.54, 1.807) is 29.2 Å². The van der Waals surface area contributed by atoms with Gasteiger partial charge in [-0.05, 0) is 38.8 Å². The lowest BCUT2D eigenvalue weighted by Gasteiger charge is -2.47. The number of benzene rings is 1. The Kier molecular flexibility index (Phi) is 7.38. The topological polar surface area (TPSA) is 78.7 Å². The summed E-state index contributed by atoms with van der Waals surface area (Å²) in [5.41, 5.74) is 6.59. The number of amides is 1.